The summed E-state index contributed by atoms with van der Waals surface area (Å²) < 4.78 is 15.9. The SMILES string of the molecule is COC(=O)C(C)=CCSc1ccc2c(c1)OCCCO2. The van der Waals surface area contributed by atoms with Gasteiger partial charge >= 0.3 is 5.97 Å². The smallest absolute Gasteiger partial charge is 0.333 e. The maximum Gasteiger partial charge on any atom is 0.333 e. The predicted octanol–water partition coefficient (Wildman–Crippen LogP) is 3.06. The Kier molecular flexibility index (Phi) is 5.35. The first kappa shape index (κ1) is 14.8. The number of esters is 1. The summed E-state index contributed by atoms with van der Waals surface area (Å²) in [6, 6.07) is 5.91. The fraction of sp³-hybridized carbons (Fsp3) is 0.400. The van der Waals surface area contributed by atoms with E-state index in [0.717, 1.165) is 22.8 Å². The fourth-order valence-electron chi connectivity index (χ4n) is 1.74. The van der Waals surface area contributed by atoms with Crippen LogP contribution < -0.4 is 9.47 Å². The van der Waals surface area contributed by atoms with Crippen molar-refractivity contribution in [1.82, 2.24) is 0 Å². The van der Waals surface area contributed by atoms with Gasteiger partial charge in [-0.25, -0.2) is 4.79 Å². The second-order valence-electron chi connectivity index (χ2n) is 4.35. The minimum absolute atomic E-state index is 0.288. The summed E-state index contributed by atoms with van der Waals surface area (Å²) in [5, 5.41) is 0. The standard InChI is InChI=1S/C15H18O4S/c1-11(15(16)17-2)6-9-20-12-4-5-13-14(10-12)19-8-3-7-18-13/h4-6,10H,3,7-9H2,1-2H3. The molecule has 2 rings (SSSR count). The second-order valence-corrected chi connectivity index (χ2v) is 5.44. The topological polar surface area (TPSA) is 44.8 Å². The Labute approximate surface area is 123 Å². The van der Waals surface area contributed by atoms with Crippen LogP contribution in [0.1, 0.15) is 13.3 Å². The molecule has 1 aromatic carbocycles. The van der Waals surface area contributed by atoms with Crippen molar-refractivity contribution in [2.24, 2.45) is 0 Å². The second kappa shape index (κ2) is 7.24. The van der Waals surface area contributed by atoms with Crippen LogP contribution in [0, 0.1) is 0 Å². The molecule has 0 spiro atoms. The lowest BCUT2D eigenvalue weighted by atomic mass is 10.3. The summed E-state index contributed by atoms with van der Waals surface area (Å²) in [6.07, 6.45) is 2.76. The van der Waals surface area contributed by atoms with Gasteiger partial charge in [0.15, 0.2) is 11.5 Å². The molecule has 0 aromatic heterocycles. The molecule has 0 saturated carbocycles. The Balaban J connectivity index is 1.97. The van der Waals surface area contributed by atoms with Gasteiger partial charge in [-0.05, 0) is 25.1 Å². The van der Waals surface area contributed by atoms with Gasteiger partial charge in [-0.15, -0.1) is 11.8 Å². The molecule has 1 aliphatic rings. The normalized spacial score (nSPS) is 14.6. The van der Waals surface area contributed by atoms with Crippen LogP contribution in [0.2, 0.25) is 0 Å². The average molecular weight is 294 g/mol. The summed E-state index contributed by atoms with van der Waals surface area (Å²) >= 11 is 1.64. The van der Waals surface area contributed by atoms with E-state index in [1.165, 1.54) is 7.11 Å². The van der Waals surface area contributed by atoms with Gasteiger partial charge in [-0.3, -0.25) is 0 Å². The van der Waals surface area contributed by atoms with E-state index >= 15 is 0 Å². The van der Waals surface area contributed by atoms with Gasteiger partial charge in [0.05, 0.1) is 20.3 Å². The number of benzene rings is 1. The molecule has 20 heavy (non-hydrogen) atoms. The summed E-state index contributed by atoms with van der Waals surface area (Å²) in [7, 11) is 1.39. The van der Waals surface area contributed by atoms with E-state index in [1.807, 2.05) is 24.3 Å². The van der Waals surface area contributed by atoms with Crippen molar-refractivity contribution >= 4 is 17.7 Å². The van der Waals surface area contributed by atoms with Crippen LogP contribution in [0.25, 0.3) is 0 Å². The number of hydrogen-bond acceptors (Lipinski definition) is 5. The van der Waals surface area contributed by atoms with Gasteiger partial charge in [-0.2, -0.15) is 0 Å². The minimum atomic E-state index is -0.288. The molecule has 0 fully saturated rings. The molecular formula is C15H18O4S. The molecule has 4 nitrogen and oxygen atoms in total. The molecule has 5 heteroatoms. The lowest BCUT2D eigenvalue weighted by Crippen LogP contribution is -2.01. The van der Waals surface area contributed by atoms with Crippen molar-refractivity contribution < 1.29 is 19.0 Å². The first-order valence-corrected chi connectivity index (χ1v) is 7.47. The molecule has 0 amide bonds. The highest BCUT2D eigenvalue weighted by atomic mass is 32.2. The minimum Gasteiger partial charge on any atom is -0.490 e. The van der Waals surface area contributed by atoms with E-state index in [1.54, 1.807) is 18.7 Å². The first-order valence-electron chi connectivity index (χ1n) is 6.48. The summed E-state index contributed by atoms with van der Waals surface area (Å²) in [5.41, 5.74) is 0.620. The van der Waals surface area contributed by atoms with E-state index in [4.69, 9.17) is 9.47 Å². The van der Waals surface area contributed by atoms with Crippen molar-refractivity contribution in [3.05, 3.63) is 29.8 Å². The molecule has 1 heterocycles. The van der Waals surface area contributed by atoms with Gasteiger partial charge in [0.1, 0.15) is 0 Å². The lowest BCUT2D eigenvalue weighted by Gasteiger charge is -2.08. The number of thioether (sulfide) groups is 1. The molecule has 0 unspecified atom stereocenters. The molecular weight excluding hydrogens is 276 g/mol. The molecule has 0 radical (unpaired) electrons. The van der Waals surface area contributed by atoms with Crippen molar-refractivity contribution in [1.29, 1.82) is 0 Å². The van der Waals surface area contributed by atoms with Crippen LogP contribution in [0.4, 0.5) is 0 Å². The maximum absolute atomic E-state index is 11.2. The van der Waals surface area contributed by atoms with Gasteiger partial charge < -0.3 is 14.2 Å². The number of rotatable bonds is 4. The maximum atomic E-state index is 11.2. The summed E-state index contributed by atoms with van der Waals surface area (Å²) in [6.45, 7) is 3.13. The predicted molar refractivity (Wildman–Crippen MR) is 78.5 cm³/mol. The number of fused-ring (bicyclic) bond motifs is 1. The lowest BCUT2D eigenvalue weighted by molar-refractivity contribution is -0.136. The molecule has 0 atom stereocenters. The van der Waals surface area contributed by atoms with E-state index in [-0.39, 0.29) is 5.97 Å². The van der Waals surface area contributed by atoms with Crippen LogP contribution in [-0.2, 0) is 9.53 Å². The van der Waals surface area contributed by atoms with Crippen LogP contribution >= 0.6 is 11.8 Å². The average Bonchev–Trinajstić information content (AvgIpc) is 2.71. The molecule has 1 aromatic rings. The Morgan fingerprint density at radius 2 is 2.10 bits per heavy atom. The number of ether oxygens (including phenoxy) is 3. The first-order chi connectivity index (χ1) is 9.70. The van der Waals surface area contributed by atoms with Crippen LogP contribution in [0.5, 0.6) is 11.5 Å². The zero-order valence-corrected chi connectivity index (χ0v) is 12.5. The van der Waals surface area contributed by atoms with E-state index in [0.29, 0.717) is 24.5 Å². The van der Waals surface area contributed by atoms with Crippen LogP contribution in [0.15, 0.2) is 34.7 Å². The Hall–Kier alpha value is -1.62. The highest BCUT2D eigenvalue weighted by molar-refractivity contribution is 7.99. The number of hydrogen-bond donors (Lipinski definition) is 0. The van der Waals surface area contributed by atoms with Crippen molar-refractivity contribution in [3.63, 3.8) is 0 Å². The molecule has 1 aliphatic heterocycles. The van der Waals surface area contributed by atoms with Gasteiger partial charge in [-0.1, -0.05) is 6.08 Å². The van der Waals surface area contributed by atoms with Crippen LogP contribution in [0.3, 0.4) is 0 Å². The van der Waals surface area contributed by atoms with Crippen molar-refractivity contribution in [2.75, 3.05) is 26.1 Å². The number of methoxy groups -OCH3 is 1. The largest absolute Gasteiger partial charge is 0.490 e. The third-order valence-corrected chi connectivity index (χ3v) is 3.79. The Morgan fingerprint density at radius 3 is 2.85 bits per heavy atom. The molecule has 108 valence electrons. The molecule has 0 saturated heterocycles. The van der Waals surface area contributed by atoms with Gasteiger partial charge in [0, 0.05) is 22.6 Å². The fourth-order valence-corrected chi connectivity index (χ4v) is 2.62. The van der Waals surface area contributed by atoms with Gasteiger partial charge in [0.25, 0.3) is 0 Å². The van der Waals surface area contributed by atoms with Crippen LogP contribution in [-0.4, -0.2) is 32.0 Å². The third-order valence-electron chi connectivity index (χ3n) is 2.87. The molecule has 0 aliphatic carbocycles. The Bertz CT molecular complexity index is 511. The zero-order valence-electron chi connectivity index (χ0n) is 11.7. The van der Waals surface area contributed by atoms with E-state index < -0.39 is 0 Å². The van der Waals surface area contributed by atoms with E-state index in [2.05, 4.69) is 4.74 Å². The number of carbonyl (C=O) groups is 1. The molecule has 0 bridgehead atoms. The zero-order chi connectivity index (χ0) is 14.4. The Morgan fingerprint density at radius 1 is 1.35 bits per heavy atom. The molecule has 0 N–H and O–H groups in total. The monoisotopic (exact) mass is 294 g/mol. The summed E-state index contributed by atoms with van der Waals surface area (Å²) in [4.78, 5) is 12.3. The van der Waals surface area contributed by atoms with E-state index in [9.17, 15) is 4.79 Å². The van der Waals surface area contributed by atoms with Crippen molar-refractivity contribution in [3.8, 4) is 11.5 Å². The van der Waals surface area contributed by atoms with Crippen molar-refractivity contribution in [2.45, 2.75) is 18.2 Å². The van der Waals surface area contributed by atoms with Gasteiger partial charge in [0.2, 0.25) is 0 Å². The quantitative estimate of drug-likeness (QED) is 0.485. The number of carbonyl (C=O) groups excluding carboxylic acids is 1. The highest BCUT2D eigenvalue weighted by Gasteiger charge is 2.10. The highest BCUT2D eigenvalue weighted by Crippen LogP contribution is 2.33. The third kappa shape index (κ3) is 3.93. The summed E-state index contributed by atoms with van der Waals surface area (Å²) in [5.74, 6) is 2.01.